The third-order valence-electron chi connectivity index (χ3n) is 1.87. The van der Waals surface area contributed by atoms with E-state index in [0.29, 0.717) is 0 Å². The number of aromatic nitrogens is 1. The zero-order valence-corrected chi connectivity index (χ0v) is 11.2. The second-order valence-electron chi connectivity index (χ2n) is 3.38. The lowest BCUT2D eigenvalue weighted by Gasteiger charge is -2.11. The number of amides is 1. The molecule has 1 heterocycles. The average molecular weight is 274 g/mol. The number of thiazole rings is 1. The number of carbonyl (C=O) groups is 2. The summed E-state index contributed by atoms with van der Waals surface area (Å²) in [4.78, 5) is 26.0. The minimum Gasteiger partial charge on any atom is -0.476 e. The molecule has 17 heavy (non-hydrogen) atoms. The number of nitrogens with zero attached hydrogens (tertiary/aromatic N) is 1. The van der Waals surface area contributed by atoms with Crippen LogP contribution in [-0.2, 0) is 0 Å². The van der Waals surface area contributed by atoms with Crippen LogP contribution < -0.4 is 5.32 Å². The predicted molar refractivity (Wildman–Crippen MR) is 69.0 cm³/mol. The molecule has 0 saturated heterocycles. The number of carboxylic acids is 1. The summed E-state index contributed by atoms with van der Waals surface area (Å²) in [5.74, 6) is 0.403. The molecular formula is C10H14N2O3S2. The summed E-state index contributed by atoms with van der Waals surface area (Å²) in [5.41, 5.74) is 0.167. The summed E-state index contributed by atoms with van der Waals surface area (Å²) in [6, 6.07) is 0.0439. The van der Waals surface area contributed by atoms with Gasteiger partial charge in [0.25, 0.3) is 5.91 Å². The summed E-state index contributed by atoms with van der Waals surface area (Å²) in [6.45, 7) is 3.96. The second-order valence-corrected chi connectivity index (χ2v) is 5.55. The summed E-state index contributed by atoms with van der Waals surface area (Å²) >= 11 is 2.69. The van der Waals surface area contributed by atoms with E-state index in [2.05, 4.69) is 17.2 Å². The zero-order valence-electron chi connectivity index (χ0n) is 9.60. The number of hydrogen-bond donors (Lipinski definition) is 2. The van der Waals surface area contributed by atoms with Crippen molar-refractivity contribution < 1.29 is 14.7 Å². The van der Waals surface area contributed by atoms with Gasteiger partial charge in [0.1, 0.15) is 5.69 Å². The Morgan fingerprint density at radius 1 is 1.65 bits per heavy atom. The van der Waals surface area contributed by atoms with Crippen LogP contribution in [0, 0.1) is 0 Å². The number of thioether (sulfide) groups is 1. The minimum atomic E-state index is -1.11. The van der Waals surface area contributed by atoms with Crippen LogP contribution in [0.3, 0.4) is 0 Å². The first kappa shape index (κ1) is 14.0. The molecule has 0 radical (unpaired) electrons. The minimum absolute atomic E-state index is 0.0439. The Morgan fingerprint density at radius 2 is 2.35 bits per heavy atom. The fraction of sp³-hybridized carbons (Fsp3) is 0.500. The lowest BCUT2D eigenvalue weighted by Crippen LogP contribution is -2.34. The van der Waals surface area contributed by atoms with Crippen LogP contribution >= 0.6 is 23.1 Å². The van der Waals surface area contributed by atoms with E-state index < -0.39 is 5.97 Å². The highest BCUT2D eigenvalue weighted by atomic mass is 32.2. The summed E-state index contributed by atoms with van der Waals surface area (Å²) < 4.78 is 0. The van der Waals surface area contributed by atoms with Crippen LogP contribution in [0.15, 0.2) is 5.38 Å². The number of rotatable bonds is 6. The fourth-order valence-corrected chi connectivity index (χ4v) is 2.42. The maximum Gasteiger partial charge on any atom is 0.365 e. The molecule has 0 aliphatic carbocycles. The molecule has 0 saturated carbocycles. The molecule has 1 aromatic heterocycles. The van der Waals surface area contributed by atoms with E-state index in [1.165, 1.54) is 5.38 Å². The topological polar surface area (TPSA) is 79.3 Å². The Labute approximate surface area is 108 Å². The van der Waals surface area contributed by atoms with Gasteiger partial charge in [-0.3, -0.25) is 4.79 Å². The third-order valence-corrected chi connectivity index (χ3v) is 3.84. The van der Waals surface area contributed by atoms with E-state index in [1.54, 1.807) is 11.8 Å². The Balaban J connectivity index is 2.54. The molecule has 5 nitrogen and oxygen atoms in total. The van der Waals surface area contributed by atoms with E-state index in [-0.39, 0.29) is 22.7 Å². The zero-order chi connectivity index (χ0) is 12.8. The quantitative estimate of drug-likeness (QED) is 0.825. The molecule has 1 aromatic rings. The van der Waals surface area contributed by atoms with Gasteiger partial charge in [0.15, 0.2) is 0 Å². The average Bonchev–Trinajstić information content (AvgIpc) is 2.75. The molecule has 1 amide bonds. The first-order valence-corrected chi connectivity index (χ1v) is 7.15. The monoisotopic (exact) mass is 274 g/mol. The number of carbonyl (C=O) groups excluding carboxylic acids is 1. The molecule has 0 fully saturated rings. The van der Waals surface area contributed by atoms with Crippen LogP contribution in [0.5, 0.6) is 0 Å². The second kappa shape index (κ2) is 6.61. The van der Waals surface area contributed by atoms with Gasteiger partial charge in [0.05, 0.1) is 0 Å². The van der Waals surface area contributed by atoms with E-state index in [4.69, 9.17) is 5.11 Å². The maximum atomic E-state index is 11.7. The Kier molecular flexibility index (Phi) is 5.43. The standard InChI is InChI=1S/C10H14N2O3S2/c1-3-16-4-6(2)11-8(13)7-5-17-9(12-7)10(14)15/h5-6H,3-4H2,1-2H3,(H,11,13)(H,14,15). The van der Waals surface area contributed by atoms with Crippen LogP contribution in [0.1, 0.15) is 34.1 Å². The Hall–Kier alpha value is -1.08. The third kappa shape index (κ3) is 4.35. The summed E-state index contributed by atoms with van der Waals surface area (Å²) in [7, 11) is 0. The molecule has 0 aliphatic heterocycles. The number of aromatic carboxylic acids is 1. The van der Waals surface area contributed by atoms with Crippen molar-refractivity contribution in [2.45, 2.75) is 19.9 Å². The van der Waals surface area contributed by atoms with Crippen molar-refractivity contribution >= 4 is 35.0 Å². The van der Waals surface area contributed by atoms with Gasteiger partial charge in [-0.2, -0.15) is 11.8 Å². The van der Waals surface area contributed by atoms with Crippen molar-refractivity contribution in [2.75, 3.05) is 11.5 Å². The lowest BCUT2D eigenvalue weighted by molar-refractivity contribution is 0.0696. The van der Waals surface area contributed by atoms with Crippen LogP contribution in [0.4, 0.5) is 0 Å². The van der Waals surface area contributed by atoms with Gasteiger partial charge in [0.2, 0.25) is 5.01 Å². The van der Waals surface area contributed by atoms with Crippen molar-refractivity contribution in [3.63, 3.8) is 0 Å². The number of hydrogen-bond acceptors (Lipinski definition) is 5. The van der Waals surface area contributed by atoms with Crippen molar-refractivity contribution in [2.24, 2.45) is 0 Å². The molecule has 1 unspecified atom stereocenters. The first-order valence-electron chi connectivity index (χ1n) is 5.12. The van der Waals surface area contributed by atoms with E-state index in [0.717, 1.165) is 22.8 Å². The van der Waals surface area contributed by atoms with E-state index >= 15 is 0 Å². The van der Waals surface area contributed by atoms with Gasteiger partial charge in [-0.15, -0.1) is 11.3 Å². The highest BCUT2D eigenvalue weighted by molar-refractivity contribution is 7.99. The maximum absolute atomic E-state index is 11.7. The predicted octanol–water partition coefficient (Wildman–Crippen LogP) is 1.71. The van der Waals surface area contributed by atoms with Crippen molar-refractivity contribution in [1.82, 2.24) is 10.3 Å². The van der Waals surface area contributed by atoms with Gasteiger partial charge in [-0.25, -0.2) is 9.78 Å². The van der Waals surface area contributed by atoms with Gasteiger partial charge >= 0.3 is 5.97 Å². The molecule has 2 N–H and O–H groups in total. The first-order chi connectivity index (χ1) is 8.04. The normalized spacial score (nSPS) is 12.1. The Bertz CT molecular complexity index is 406. The van der Waals surface area contributed by atoms with Crippen LogP contribution in [-0.4, -0.2) is 39.5 Å². The fourth-order valence-electron chi connectivity index (χ4n) is 1.11. The molecule has 0 aromatic carbocycles. The smallest absolute Gasteiger partial charge is 0.365 e. The van der Waals surface area contributed by atoms with Crippen molar-refractivity contribution in [1.29, 1.82) is 0 Å². The summed E-state index contributed by atoms with van der Waals surface area (Å²) in [5, 5.41) is 12.9. The highest BCUT2D eigenvalue weighted by Gasteiger charge is 2.15. The Morgan fingerprint density at radius 3 is 2.88 bits per heavy atom. The molecule has 1 rings (SSSR count). The van der Waals surface area contributed by atoms with Gasteiger partial charge < -0.3 is 10.4 Å². The van der Waals surface area contributed by atoms with Crippen LogP contribution in [0.25, 0.3) is 0 Å². The van der Waals surface area contributed by atoms with E-state index in [1.807, 2.05) is 6.92 Å². The molecule has 0 spiro atoms. The van der Waals surface area contributed by atoms with Crippen LogP contribution in [0.2, 0.25) is 0 Å². The lowest BCUT2D eigenvalue weighted by atomic mass is 10.3. The number of carboxylic acid groups (broad SMARTS) is 1. The van der Waals surface area contributed by atoms with Gasteiger partial charge in [0, 0.05) is 17.2 Å². The highest BCUT2D eigenvalue weighted by Crippen LogP contribution is 2.10. The molecule has 0 aliphatic rings. The van der Waals surface area contributed by atoms with E-state index in [9.17, 15) is 9.59 Å². The van der Waals surface area contributed by atoms with Crippen molar-refractivity contribution in [3.05, 3.63) is 16.1 Å². The molecule has 1 atom stereocenters. The molecule has 0 bridgehead atoms. The molecule has 7 heteroatoms. The van der Waals surface area contributed by atoms with Gasteiger partial charge in [-0.1, -0.05) is 6.92 Å². The van der Waals surface area contributed by atoms with Crippen molar-refractivity contribution in [3.8, 4) is 0 Å². The molecular weight excluding hydrogens is 260 g/mol. The van der Waals surface area contributed by atoms with Gasteiger partial charge in [-0.05, 0) is 12.7 Å². The largest absolute Gasteiger partial charge is 0.476 e. The molecule has 94 valence electrons. The number of nitrogens with one attached hydrogen (secondary N) is 1. The SMILES string of the molecule is CCSCC(C)NC(=O)c1csc(C(=O)O)n1. The summed E-state index contributed by atoms with van der Waals surface area (Å²) in [6.07, 6.45) is 0.